The molecule has 127 valence electrons. The molecule has 1 saturated carbocycles. The Kier molecular flexibility index (Phi) is 8.13. The first-order chi connectivity index (χ1) is 11.3. The van der Waals surface area contributed by atoms with Crippen LogP contribution in [0.15, 0.2) is 34.9 Å². The van der Waals surface area contributed by atoms with Gasteiger partial charge in [0, 0.05) is 57.0 Å². The van der Waals surface area contributed by atoms with Gasteiger partial charge in [0.05, 0.1) is 12.9 Å². The average molecular weight is 402 g/mol. The summed E-state index contributed by atoms with van der Waals surface area (Å²) in [5.74, 6) is 0.947. The molecular weight excluding hydrogens is 377 g/mol. The van der Waals surface area contributed by atoms with E-state index in [0.717, 1.165) is 44.3 Å². The fraction of sp³-hybridized carbons (Fsp3) is 0.500. The fourth-order valence-electron chi connectivity index (χ4n) is 3.60. The van der Waals surface area contributed by atoms with Crippen LogP contribution in [-0.4, -0.2) is 19.0 Å². The van der Waals surface area contributed by atoms with Crippen molar-refractivity contribution in [3.05, 3.63) is 43.0 Å². The van der Waals surface area contributed by atoms with Gasteiger partial charge >= 0.3 is 0 Å². The molecule has 2 aromatic rings. The normalized spacial score (nSPS) is 20.5. The first kappa shape index (κ1) is 19.8. The van der Waals surface area contributed by atoms with Crippen LogP contribution in [0.3, 0.4) is 0 Å². The molecule has 1 aliphatic rings. The minimum atomic E-state index is 0. The molecule has 0 unspecified atom stereocenters. The number of fused-ring (bicyclic) bond motifs is 1. The van der Waals surface area contributed by atoms with Gasteiger partial charge in [0.2, 0.25) is 0 Å². The van der Waals surface area contributed by atoms with Crippen LogP contribution < -0.4 is 0 Å². The molecule has 1 fully saturated rings. The van der Waals surface area contributed by atoms with E-state index in [1.165, 1.54) is 10.9 Å². The Hall–Kier alpha value is -0.506. The zero-order valence-electron chi connectivity index (χ0n) is 14.2. The first-order valence-corrected chi connectivity index (χ1v) is 8.64. The molecule has 0 N–H and O–H groups in total. The van der Waals surface area contributed by atoms with E-state index in [1.807, 2.05) is 18.2 Å². The molecule has 2 atom stereocenters. The summed E-state index contributed by atoms with van der Waals surface area (Å²) in [6, 6.07) is 8.16. The van der Waals surface area contributed by atoms with Crippen molar-refractivity contribution in [1.82, 2.24) is 0 Å². The first-order valence-electron chi connectivity index (χ1n) is 8.64. The standard InChI is InChI=1S/C20H25O3.Y/c1-2-3-12-22-14-16-8-10-19(21)17(16)9-7-15-5-4-6-20-18(15)11-13-23-20;/h4-6,11,13,16-17H,1-3,7-10,12,14H2;/q-1;/t16-,17-;/m1./s1. The van der Waals surface area contributed by atoms with Crippen LogP contribution in [0, 0.1) is 18.8 Å². The van der Waals surface area contributed by atoms with E-state index in [-0.39, 0.29) is 38.6 Å². The summed E-state index contributed by atoms with van der Waals surface area (Å²) in [7, 11) is 0. The zero-order valence-corrected chi connectivity index (χ0v) is 17.0. The number of benzene rings is 1. The molecule has 1 heterocycles. The van der Waals surface area contributed by atoms with E-state index in [0.29, 0.717) is 24.7 Å². The second kappa shape index (κ2) is 9.84. The fourth-order valence-corrected chi connectivity index (χ4v) is 3.60. The van der Waals surface area contributed by atoms with Crippen molar-refractivity contribution < 1.29 is 46.7 Å². The molecule has 0 bridgehead atoms. The molecular formula is C20H25O3Y-. The van der Waals surface area contributed by atoms with E-state index >= 15 is 0 Å². The summed E-state index contributed by atoms with van der Waals surface area (Å²) >= 11 is 0. The summed E-state index contributed by atoms with van der Waals surface area (Å²) in [5.41, 5.74) is 2.20. The van der Waals surface area contributed by atoms with Gasteiger partial charge in [-0.15, -0.1) is 0 Å². The van der Waals surface area contributed by atoms with E-state index in [2.05, 4.69) is 13.0 Å². The molecule has 3 rings (SSSR count). The number of ether oxygens (including phenoxy) is 1. The van der Waals surface area contributed by atoms with Crippen LogP contribution >= 0.6 is 0 Å². The minimum Gasteiger partial charge on any atom is -0.464 e. The van der Waals surface area contributed by atoms with Gasteiger partial charge in [0.1, 0.15) is 11.4 Å². The summed E-state index contributed by atoms with van der Waals surface area (Å²) < 4.78 is 11.2. The average Bonchev–Trinajstić information content (AvgIpc) is 3.17. The van der Waals surface area contributed by atoms with E-state index in [1.54, 1.807) is 6.26 Å². The summed E-state index contributed by atoms with van der Waals surface area (Å²) in [6.45, 7) is 5.30. The van der Waals surface area contributed by atoms with Crippen molar-refractivity contribution in [3.8, 4) is 0 Å². The maximum atomic E-state index is 12.2. The van der Waals surface area contributed by atoms with Crippen LogP contribution in [0.2, 0.25) is 0 Å². The number of furan rings is 1. The van der Waals surface area contributed by atoms with Crippen LogP contribution in [0.5, 0.6) is 0 Å². The van der Waals surface area contributed by atoms with Crippen LogP contribution in [-0.2, 0) is 48.7 Å². The van der Waals surface area contributed by atoms with Gasteiger partial charge in [-0.25, -0.2) is 0 Å². The molecule has 3 nitrogen and oxygen atoms in total. The van der Waals surface area contributed by atoms with Crippen molar-refractivity contribution in [2.24, 2.45) is 11.8 Å². The Morgan fingerprint density at radius 2 is 2.17 bits per heavy atom. The molecule has 0 amide bonds. The van der Waals surface area contributed by atoms with Crippen molar-refractivity contribution >= 4 is 16.8 Å². The van der Waals surface area contributed by atoms with Gasteiger partial charge in [0.25, 0.3) is 0 Å². The topological polar surface area (TPSA) is 39.4 Å². The molecule has 1 aromatic heterocycles. The van der Waals surface area contributed by atoms with Crippen molar-refractivity contribution in [1.29, 1.82) is 0 Å². The van der Waals surface area contributed by atoms with Gasteiger partial charge < -0.3 is 16.1 Å². The molecule has 1 aromatic carbocycles. The third-order valence-electron chi connectivity index (χ3n) is 4.93. The molecule has 0 spiro atoms. The monoisotopic (exact) mass is 402 g/mol. The molecule has 0 aliphatic heterocycles. The summed E-state index contributed by atoms with van der Waals surface area (Å²) in [4.78, 5) is 12.2. The number of rotatable bonds is 8. The van der Waals surface area contributed by atoms with E-state index in [9.17, 15) is 4.79 Å². The smallest absolute Gasteiger partial charge is 0.136 e. The SMILES string of the molecule is [CH2-]CCCOC[C@H]1CCC(=O)[C@@H]1CCc1cccc2occc12.[Y]. The number of carbonyl (C=O) groups excluding carboxylic acids is 1. The summed E-state index contributed by atoms with van der Waals surface area (Å²) in [6.07, 6.45) is 7.15. The van der Waals surface area contributed by atoms with Crippen LogP contribution in [0.4, 0.5) is 0 Å². The third-order valence-corrected chi connectivity index (χ3v) is 4.93. The minimum absolute atomic E-state index is 0. The Morgan fingerprint density at radius 1 is 1.29 bits per heavy atom. The van der Waals surface area contributed by atoms with Gasteiger partial charge in [-0.1, -0.05) is 18.6 Å². The molecule has 1 radical (unpaired) electrons. The molecule has 0 saturated heterocycles. The van der Waals surface area contributed by atoms with Gasteiger partial charge in [-0.2, -0.15) is 6.42 Å². The summed E-state index contributed by atoms with van der Waals surface area (Å²) in [5, 5.41) is 1.17. The predicted octanol–water partition coefficient (Wildman–Crippen LogP) is 4.59. The van der Waals surface area contributed by atoms with Gasteiger partial charge in [-0.05, 0) is 42.9 Å². The quantitative estimate of drug-likeness (QED) is 0.479. The third kappa shape index (κ3) is 4.77. The zero-order chi connectivity index (χ0) is 16.1. The van der Waals surface area contributed by atoms with Crippen LogP contribution in [0.25, 0.3) is 11.0 Å². The molecule has 4 heteroatoms. The Labute approximate surface area is 169 Å². The van der Waals surface area contributed by atoms with Crippen LogP contribution in [0.1, 0.15) is 37.7 Å². The Morgan fingerprint density at radius 3 is 3.00 bits per heavy atom. The Bertz CT molecular complexity index is 649. The predicted molar refractivity (Wildman–Crippen MR) is 91.2 cm³/mol. The number of unbranched alkanes of at least 4 members (excludes halogenated alkanes) is 1. The Balaban J connectivity index is 0.00000208. The van der Waals surface area contributed by atoms with Gasteiger partial charge in [0.15, 0.2) is 0 Å². The van der Waals surface area contributed by atoms with Gasteiger partial charge in [-0.3, -0.25) is 4.79 Å². The van der Waals surface area contributed by atoms with E-state index in [4.69, 9.17) is 9.15 Å². The number of Topliss-reactive ketones (excluding diaryl/α,β-unsaturated/α-hetero) is 1. The molecule has 1 aliphatic carbocycles. The number of carbonyl (C=O) groups is 1. The molecule has 24 heavy (non-hydrogen) atoms. The number of ketones is 1. The van der Waals surface area contributed by atoms with Crippen molar-refractivity contribution in [2.45, 2.75) is 38.5 Å². The number of hydrogen-bond donors (Lipinski definition) is 0. The number of aryl methyl sites for hydroxylation is 1. The van der Waals surface area contributed by atoms with E-state index < -0.39 is 0 Å². The second-order valence-electron chi connectivity index (χ2n) is 6.44. The maximum Gasteiger partial charge on any atom is 0.136 e. The maximum absolute atomic E-state index is 12.2. The van der Waals surface area contributed by atoms with Crippen molar-refractivity contribution in [3.63, 3.8) is 0 Å². The van der Waals surface area contributed by atoms with Crippen molar-refractivity contribution in [2.75, 3.05) is 13.2 Å². The largest absolute Gasteiger partial charge is 0.464 e. The number of hydrogen-bond acceptors (Lipinski definition) is 3. The second-order valence-corrected chi connectivity index (χ2v) is 6.44.